The number of nitrogens with zero attached hydrogens (tertiary/aromatic N) is 1. The van der Waals surface area contributed by atoms with Crippen LogP contribution in [0.15, 0.2) is 6.33 Å². The summed E-state index contributed by atoms with van der Waals surface area (Å²) in [4.78, 5) is 7.06. The van der Waals surface area contributed by atoms with Crippen molar-refractivity contribution in [1.29, 1.82) is 0 Å². The SMILES string of the molecule is Cc1[nH]cnc1CCN.Cl.Cl. The second kappa shape index (κ2) is 6.46. The molecule has 0 amide bonds. The Morgan fingerprint density at radius 3 is 2.55 bits per heavy atom. The summed E-state index contributed by atoms with van der Waals surface area (Å²) in [7, 11) is 0. The van der Waals surface area contributed by atoms with Crippen LogP contribution in [0.2, 0.25) is 0 Å². The van der Waals surface area contributed by atoms with Crippen LogP contribution in [0.1, 0.15) is 11.4 Å². The van der Waals surface area contributed by atoms with Gasteiger partial charge in [-0.1, -0.05) is 0 Å². The Kier molecular flexibility index (Phi) is 7.84. The lowest BCUT2D eigenvalue weighted by atomic mass is 10.3. The zero-order valence-electron chi connectivity index (χ0n) is 6.33. The van der Waals surface area contributed by atoms with Crippen molar-refractivity contribution < 1.29 is 0 Å². The first-order chi connectivity index (χ1) is 4.34. The monoisotopic (exact) mass is 197 g/mol. The van der Waals surface area contributed by atoms with Crippen molar-refractivity contribution in [3.05, 3.63) is 17.7 Å². The first-order valence-corrected chi connectivity index (χ1v) is 3.03. The van der Waals surface area contributed by atoms with E-state index in [1.165, 1.54) is 0 Å². The maximum absolute atomic E-state index is 5.33. The first-order valence-electron chi connectivity index (χ1n) is 3.03. The van der Waals surface area contributed by atoms with E-state index in [1.807, 2.05) is 6.92 Å². The van der Waals surface area contributed by atoms with Gasteiger partial charge in [-0.2, -0.15) is 0 Å². The quantitative estimate of drug-likeness (QED) is 0.746. The van der Waals surface area contributed by atoms with Crippen molar-refractivity contribution in [2.75, 3.05) is 6.54 Å². The molecule has 1 rings (SSSR count). The molecular formula is C6H13Cl2N3. The highest BCUT2D eigenvalue weighted by Gasteiger charge is 1.96. The molecule has 0 unspecified atom stereocenters. The van der Waals surface area contributed by atoms with E-state index < -0.39 is 0 Å². The van der Waals surface area contributed by atoms with Crippen LogP contribution in [0.5, 0.6) is 0 Å². The van der Waals surface area contributed by atoms with E-state index in [0.29, 0.717) is 6.54 Å². The number of aryl methyl sites for hydroxylation is 1. The van der Waals surface area contributed by atoms with Crippen LogP contribution >= 0.6 is 24.8 Å². The summed E-state index contributed by atoms with van der Waals surface area (Å²) in [6.07, 6.45) is 2.57. The van der Waals surface area contributed by atoms with E-state index in [9.17, 15) is 0 Å². The van der Waals surface area contributed by atoms with Gasteiger partial charge in [0.15, 0.2) is 0 Å². The summed E-state index contributed by atoms with van der Waals surface area (Å²) in [5.74, 6) is 0. The molecule has 0 aliphatic heterocycles. The van der Waals surface area contributed by atoms with Crippen molar-refractivity contribution in [3.63, 3.8) is 0 Å². The summed E-state index contributed by atoms with van der Waals surface area (Å²) in [5, 5.41) is 0. The van der Waals surface area contributed by atoms with E-state index in [2.05, 4.69) is 9.97 Å². The van der Waals surface area contributed by atoms with E-state index in [1.54, 1.807) is 6.33 Å². The molecule has 0 aromatic carbocycles. The van der Waals surface area contributed by atoms with Crippen LogP contribution in [-0.2, 0) is 6.42 Å². The molecule has 5 heteroatoms. The number of H-pyrrole nitrogens is 1. The molecule has 0 atom stereocenters. The summed E-state index contributed by atoms with van der Waals surface area (Å²) < 4.78 is 0. The normalized spacial score (nSPS) is 8.18. The minimum absolute atomic E-state index is 0. The number of nitrogens with two attached hydrogens (primary N) is 1. The van der Waals surface area contributed by atoms with Crippen LogP contribution in [0, 0.1) is 6.92 Å². The number of rotatable bonds is 2. The molecule has 1 aromatic heterocycles. The summed E-state index contributed by atoms with van der Waals surface area (Å²) >= 11 is 0. The zero-order valence-corrected chi connectivity index (χ0v) is 7.97. The van der Waals surface area contributed by atoms with E-state index >= 15 is 0 Å². The number of hydrogen-bond acceptors (Lipinski definition) is 2. The molecule has 1 aromatic rings. The van der Waals surface area contributed by atoms with Crippen LogP contribution in [-0.4, -0.2) is 16.5 Å². The number of aromatic amines is 1. The van der Waals surface area contributed by atoms with Gasteiger partial charge in [-0.15, -0.1) is 24.8 Å². The van der Waals surface area contributed by atoms with Crippen molar-refractivity contribution in [1.82, 2.24) is 9.97 Å². The maximum atomic E-state index is 5.33. The third-order valence-corrected chi connectivity index (χ3v) is 1.32. The molecule has 0 bridgehead atoms. The summed E-state index contributed by atoms with van der Waals surface area (Å²) in [5.41, 5.74) is 7.54. The van der Waals surface area contributed by atoms with Crippen molar-refractivity contribution in [2.24, 2.45) is 5.73 Å². The molecule has 0 saturated carbocycles. The van der Waals surface area contributed by atoms with Gasteiger partial charge in [-0.3, -0.25) is 0 Å². The second-order valence-electron chi connectivity index (χ2n) is 2.01. The lowest BCUT2D eigenvalue weighted by Gasteiger charge is -1.91. The van der Waals surface area contributed by atoms with Gasteiger partial charge < -0.3 is 10.7 Å². The fourth-order valence-corrected chi connectivity index (χ4v) is 0.776. The molecule has 3 N–H and O–H groups in total. The fraction of sp³-hybridized carbons (Fsp3) is 0.500. The lowest BCUT2D eigenvalue weighted by Crippen LogP contribution is -2.03. The molecule has 0 radical (unpaired) electrons. The Bertz CT molecular complexity index is 188. The van der Waals surface area contributed by atoms with Gasteiger partial charge in [0, 0.05) is 12.1 Å². The third kappa shape index (κ3) is 3.60. The minimum atomic E-state index is 0. The number of hydrogen-bond donors (Lipinski definition) is 2. The summed E-state index contributed by atoms with van der Waals surface area (Å²) in [6.45, 7) is 2.67. The van der Waals surface area contributed by atoms with Gasteiger partial charge in [0.05, 0.1) is 12.0 Å². The Balaban J connectivity index is 0. The largest absolute Gasteiger partial charge is 0.348 e. The maximum Gasteiger partial charge on any atom is 0.0925 e. The van der Waals surface area contributed by atoms with E-state index in [-0.39, 0.29) is 24.8 Å². The van der Waals surface area contributed by atoms with Crippen molar-refractivity contribution in [2.45, 2.75) is 13.3 Å². The molecule has 0 spiro atoms. The van der Waals surface area contributed by atoms with Gasteiger partial charge in [0.2, 0.25) is 0 Å². The first kappa shape index (κ1) is 13.3. The third-order valence-electron chi connectivity index (χ3n) is 1.32. The van der Waals surface area contributed by atoms with Crippen LogP contribution in [0.4, 0.5) is 0 Å². The highest BCUT2D eigenvalue weighted by Crippen LogP contribution is 1.98. The molecule has 0 aliphatic rings. The molecule has 1 heterocycles. The minimum Gasteiger partial charge on any atom is -0.348 e. The predicted molar refractivity (Wildman–Crippen MR) is 50.6 cm³/mol. The highest BCUT2D eigenvalue weighted by molar-refractivity contribution is 5.85. The molecule has 66 valence electrons. The Hall–Kier alpha value is -0.250. The standard InChI is InChI=1S/C6H11N3.2ClH/c1-5-6(2-3-7)9-4-8-5;;/h4H,2-3,7H2,1H3,(H,8,9);2*1H. The number of aromatic nitrogens is 2. The number of nitrogens with one attached hydrogen (secondary N) is 1. The van der Waals surface area contributed by atoms with Crippen molar-refractivity contribution in [3.8, 4) is 0 Å². The fourth-order valence-electron chi connectivity index (χ4n) is 0.776. The smallest absolute Gasteiger partial charge is 0.0925 e. The van der Waals surface area contributed by atoms with Gasteiger partial charge in [0.1, 0.15) is 0 Å². The average molecular weight is 198 g/mol. The molecule has 3 nitrogen and oxygen atoms in total. The van der Waals surface area contributed by atoms with Crippen LogP contribution in [0.25, 0.3) is 0 Å². The van der Waals surface area contributed by atoms with E-state index in [4.69, 9.17) is 5.73 Å². The van der Waals surface area contributed by atoms with Gasteiger partial charge in [-0.25, -0.2) is 4.98 Å². The predicted octanol–water partition coefficient (Wildman–Crippen LogP) is 1.06. The lowest BCUT2D eigenvalue weighted by molar-refractivity contribution is 0.923. The molecule has 11 heavy (non-hydrogen) atoms. The van der Waals surface area contributed by atoms with Crippen LogP contribution in [0.3, 0.4) is 0 Å². The zero-order chi connectivity index (χ0) is 6.69. The molecule has 0 fully saturated rings. The van der Waals surface area contributed by atoms with E-state index in [0.717, 1.165) is 17.8 Å². The van der Waals surface area contributed by atoms with Crippen LogP contribution < -0.4 is 5.73 Å². The van der Waals surface area contributed by atoms with Gasteiger partial charge >= 0.3 is 0 Å². The summed E-state index contributed by atoms with van der Waals surface area (Å²) in [6, 6.07) is 0. The highest BCUT2D eigenvalue weighted by atomic mass is 35.5. The number of halogens is 2. The number of imidazole rings is 1. The Labute approximate surface area is 78.6 Å². The topological polar surface area (TPSA) is 54.7 Å². The van der Waals surface area contributed by atoms with Gasteiger partial charge in [-0.05, 0) is 13.5 Å². The second-order valence-corrected chi connectivity index (χ2v) is 2.01. The van der Waals surface area contributed by atoms with Gasteiger partial charge in [0.25, 0.3) is 0 Å². The Morgan fingerprint density at radius 2 is 2.18 bits per heavy atom. The molecule has 0 saturated heterocycles. The van der Waals surface area contributed by atoms with Crippen molar-refractivity contribution >= 4 is 24.8 Å². The average Bonchev–Trinajstić information content (AvgIpc) is 2.18. The molecular weight excluding hydrogens is 185 g/mol. The Morgan fingerprint density at radius 1 is 1.55 bits per heavy atom. The molecule has 0 aliphatic carbocycles.